The molecule has 0 spiro atoms. The predicted octanol–water partition coefficient (Wildman–Crippen LogP) is 3.25. The molecule has 0 aliphatic carbocycles. The van der Waals surface area contributed by atoms with Crippen molar-refractivity contribution >= 4 is 17.5 Å². The lowest BCUT2D eigenvalue weighted by Crippen LogP contribution is -2.39. The van der Waals surface area contributed by atoms with E-state index in [9.17, 15) is 9.59 Å². The summed E-state index contributed by atoms with van der Waals surface area (Å²) in [6.45, 7) is 10.4. The van der Waals surface area contributed by atoms with Gasteiger partial charge in [-0.05, 0) is 29.9 Å². The first kappa shape index (κ1) is 18.2. The Kier molecular flexibility index (Phi) is 7.09. The van der Waals surface area contributed by atoms with Crippen molar-refractivity contribution in [3.05, 3.63) is 29.3 Å². The molecule has 0 saturated carbocycles. The maximum absolute atomic E-state index is 12.3. The number of para-hydroxylation sites is 1. The lowest BCUT2D eigenvalue weighted by atomic mass is 10.0. The number of aryl methyl sites for hydroxylation is 2. The first-order chi connectivity index (χ1) is 10.4. The van der Waals surface area contributed by atoms with Crippen molar-refractivity contribution in [1.82, 2.24) is 4.90 Å². The van der Waals surface area contributed by atoms with Crippen LogP contribution in [0.1, 0.15) is 45.7 Å². The van der Waals surface area contributed by atoms with E-state index in [1.54, 1.807) is 4.90 Å². The average molecular weight is 304 g/mol. The topological polar surface area (TPSA) is 49.4 Å². The summed E-state index contributed by atoms with van der Waals surface area (Å²) in [5.74, 6) is 0.139. The standard InChI is InChI=1S/C18H28N2O2/c1-6-15-9-8-10-16(7-2)18(15)19-17(22)12-20(14(5)21)11-13(3)4/h8-10,13H,6-7,11-12H2,1-5H3,(H,19,22). The molecular weight excluding hydrogens is 276 g/mol. The van der Waals surface area contributed by atoms with E-state index < -0.39 is 0 Å². The minimum absolute atomic E-state index is 0.0664. The van der Waals surface area contributed by atoms with Gasteiger partial charge in [-0.25, -0.2) is 0 Å². The molecule has 0 atom stereocenters. The average Bonchev–Trinajstić information content (AvgIpc) is 2.46. The SMILES string of the molecule is CCc1cccc(CC)c1NC(=O)CN(CC(C)C)C(C)=O. The lowest BCUT2D eigenvalue weighted by molar-refractivity contribution is -0.133. The van der Waals surface area contributed by atoms with Crippen LogP contribution in [0.3, 0.4) is 0 Å². The van der Waals surface area contributed by atoms with Gasteiger partial charge in [-0.2, -0.15) is 0 Å². The monoisotopic (exact) mass is 304 g/mol. The van der Waals surface area contributed by atoms with Crippen molar-refractivity contribution in [2.24, 2.45) is 5.92 Å². The van der Waals surface area contributed by atoms with Gasteiger partial charge >= 0.3 is 0 Å². The van der Waals surface area contributed by atoms with E-state index in [0.717, 1.165) is 29.7 Å². The summed E-state index contributed by atoms with van der Waals surface area (Å²) < 4.78 is 0. The number of carbonyl (C=O) groups is 2. The fourth-order valence-corrected chi connectivity index (χ4v) is 2.50. The van der Waals surface area contributed by atoms with Crippen LogP contribution in [-0.4, -0.2) is 29.8 Å². The molecule has 0 aromatic heterocycles. The van der Waals surface area contributed by atoms with Gasteiger partial charge in [-0.3, -0.25) is 9.59 Å². The molecule has 4 heteroatoms. The molecule has 0 saturated heterocycles. The minimum Gasteiger partial charge on any atom is -0.333 e. The van der Waals surface area contributed by atoms with Crippen LogP contribution in [-0.2, 0) is 22.4 Å². The van der Waals surface area contributed by atoms with Crippen molar-refractivity contribution in [2.75, 3.05) is 18.4 Å². The first-order valence-corrected chi connectivity index (χ1v) is 8.05. The van der Waals surface area contributed by atoms with Crippen LogP contribution in [0, 0.1) is 5.92 Å². The van der Waals surface area contributed by atoms with Crippen LogP contribution in [0.4, 0.5) is 5.69 Å². The summed E-state index contributed by atoms with van der Waals surface area (Å²) in [4.78, 5) is 25.6. The molecule has 4 nitrogen and oxygen atoms in total. The van der Waals surface area contributed by atoms with E-state index in [-0.39, 0.29) is 18.4 Å². The van der Waals surface area contributed by atoms with Crippen LogP contribution < -0.4 is 5.32 Å². The highest BCUT2D eigenvalue weighted by Gasteiger charge is 2.16. The van der Waals surface area contributed by atoms with E-state index in [2.05, 4.69) is 19.2 Å². The Morgan fingerprint density at radius 1 is 1.14 bits per heavy atom. The Morgan fingerprint density at radius 3 is 2.09 bits per heavy atom. The zero-order chi connectivity index (χ0) is 16.7. The Labute approximate surface area is 133 Å². The Hall–Kier alpha value is -1.84. The third-order valence-corrected chi connectivity index (χ3v) is 3.63. The Balaban J connectivity index is 2.86. The molecule has 0 radical (unpaired) electrons. The molecule has 1 N–H and O–H groups in total. The number of nitrogens with zero attached hydrogens (tertiary/aromatic N) is 1. The summed E-state index contributed by atoms with van der Waals surface area (Å²) >= 11 is 0. The number of rotatable bonds is 7. The van der Waals surface area contributed by atoms with Crippen LogP contribution in [0.2, 0.25) is 0 Å². The maximum atomic E-state index is 12.3. The summed E-state index contributed by atoms with van der Waals surface area (Å²) in [6, 6.07) is 6.09. The number of amides is 2. The molecule has 1 aromatic carbocycles. The van der Waals surface area contributed by atoms with Gasteiger partial charge in [0.15, 0.2) is 0 Å². The summed E-state index contributed by atoms with van der Waals surface area (Å²) in [5.41, 5.74) is 3.17. The number of hydrogen-bond acceptors (Lipinski definition) is 2. The summed E-state index contributed by atoms with van der Waals surface area (Å²) in [6.07, 6.45) is 1.73. The van der Waals surface area contributed by atoms with Gasteiger partial charge in [-0.15, -0.1) is 0 Å². The predicted molar refractivity (Wildman–Crippen MR) is 90.9 cm³/mol. The highest BCUT2D eigenvalue weighted by Crippen LogP contribution is 2.22. The second-order valence-electron chi connectivity index (χ2n) is 6.00. The van der Waals surface area contributed by atoms with E-state index >= 15 is 0 Å². The van der Waals surface area contributed by atoms with Crippen molar-refractivity contribution in [3.63, 3.8) is 0 Å². The second kappa shape index (κ2) is 8.57. The molecule has 1 aromatic rings. The number of carbonyl (C=O) groups excluding carboxylic acids is 2. The molecule has 1 rings (SSSR count). The van der Waals surface area contributed by atoms with Gasteiger partial charge in [0.05, 0.1) is 6.54 Å². The van der Waals surface area contributed by atoms with Crippen molar-refractivity contribution in [1.29, 1.82) is 0 Å². The molecule has 0 bridgehead atoms. The van der Waals surface area contributed by atoms with Crippen LogP contribution >= 0.6 is 0 Å². The van der Waals surface area contributed by atoms with Gasteiger partial charge in [0.2, 0.25) is 11.8 Å². The molecule has 0 unspecified atom stereocenters. The lowest BCUT2D eigenvalue weighted by Gasteiger charge is -2.23. The highest BCUT2D eigenvalue weighted by atomic mass is 16.2. The van der Waals surface area contributed by atoms with E-state index in [4.69, 9.17) is 0 Å². The van der Waals surface area contributed by atoms with Gasteiger partial charge < -0.3 is 10.2 Å². The third kappa shape index (κ3) is 5.17. The van der Waals surface area contributed by atoms with Gasteiger partial charge in [-0.1, -0.05) is 45.9 Å². The molecule has 0 fully saturated rings. The quantitative estimate of drug-likeness (QED) is 0.840. The molecular formula is C18H28N2O2. The number of nitrogens with one attached hydrogen (secondary N) is 1. The Bertz CT molecular complexity index is 502. The first-order valence-electron chi connectivity index (χ1n) is 8.05. The molecule has 22 heavy (non-hydrogen) atoms. The van der Waals surface area contributed by atoms with Crippen molar-refractivity contribution in [2.45, 2.75) is 47.5 Å². The third-order valence-electron chi connectivity index (χ3n) is 3.63. The highest BCUT2D eigenvalue weighted by molar-refractivity contribution is 5.95. The zero-order valence-electron chi connectivity index (χ0n) is 14.4. The molecule has 2 amide bonds. The van der Waals surface area contributed by atoms with E-state index in [1.165, 1.54) is 6.92 Å². The van der Waals surface area contributed by atoms with E-state index in [0.29, 0.717) is 12.5 Å². The van der Waals surface area contributed by atoms with E-state index in [1.807, 2.05) is 32.0 Å². The zero-order valence-corrected chi connectivity index (χ0v) is 14.4. The summed E-state index contributed by atoms with van der Waals surface area (Å²) in [7, 11) is 0. The molecule has 0 aliphatic rings. The van der Waals surface area contributed by atoms with Crippen LogP contribution in [0.15, 0.2) is 18.2 Å². The summed E-state index contributed by atoms with van der Waals surface area (Å²) in [5, 5.41) is 3.01. The maximum Gasteiger partial charge on any atom is 0.244 e. The van der Waals surface area contributed by atoms with Crippen LogP contribution in [0.5, 0.6) is 0 Å². The minimum atomic E-state index is -0.133. The number of benzene rings is 1. The van der Waals surface area contributed by atoms with Gasteiger partial charge in [0.25, 0.3) is 0 Å². The smallest absolute Gasteiger partial charge is 0.244 e. The second-order valence-corrected chi connectivity index (χ2v) is 6.00. The Morgan fingerprint density at radius 2 is 1.68 bits per heavy atom. The fraction of sp³-hybridized carbons (Fsp3) is 0.556. The van der Waals surface area contributed by atoms with Gasteiger partial charge in [0.1, 0.15) is 0 Å². The molecule has 122 valence electrons. The normalized spacial score (nSPS) is 10.6. The van der Waals surface area contributed by atoms with Gasteiger partial charge in [0, 0.05) is 19.2 Å². The fourth-order valence-electron chi connectivity index (χ4n) is 2.50. The van der Waals surface area contributed by atoms with Crippen LogP contribution in [0.25, 0.3) is 0 Å². The number of anilines is 1. The van der Waals surface area contributed by atoms with Crippen molar-refractivity contribution < 1.29 is 9.59 Å². The largest absolute Gasteiger partial charge is 0.333 e. The molecule has 0 heterocycles. The number of hydrogen-bond donors (Lipinski definition) is 1. The van der Waals surface area contributed by atoms with Crippen molar-refractivity contribution in [3.8, 4) is 0 Å². The molecule has 0 aliphatic heterocycles.